The second-order valence-electron chi connectivity index (χ2n) is 2.60. The molecule has 1 nitrogen and oxygen atoms in total. The monoisotopic (exact) mass is 221 g/mol. The lowest BCUT2D eigenvalue weighted by molar-refractivity contribution is 0.626. The zero-order valence-corrected chi connectivity index (χ0v) is 8.50. The first kappa shape index (κ1) is 10.8. The summed E-state index contributed by atoms with van der Waals surface area (Å²) in [5.41, 5.74) is 0.883. The van der Waals surface area contributed by atoms with Gasteiger partial charge in [-0.25, -0.2) is 4.39 Å². The fourth-order valence-corrected chi connectivity index (χ4v) is 1.32. The maximum absolute atomic E-state index is 12.6. The Morgan fingerprint density at radius 1 is 1.38 bits per heavy atom. The molecule has 1 rings (SSSR count). The topological polar surface area (TPSA) is 12.0 Å². The highest BCUT2D eigenvalue weighted by molar-refractivity contribution is 6.31. The van der Waals surface area contributed by atoms with E-state index in [1.54, 1.807) is 6.07 Å². The molecule has 0 aliphatic carbocycles. The molecule has 1 aromatic carbocycles. The van der Waals surface area contributed by atoms with E-state index in [1.165, 1.54) is 12.1 Å². The van der Waals surface area contributed by atoms with Crippen LogP contribution in [0.5, 0.6) is 0 Å². The van der Waals surface area contributed by atoms with Gasteiger partial charge >= 0.3 is 0 Å². The number of rotatable bonds is 4. The lowest BCUT2D eigenvalue weighted by atomic mass is 10.2. The number of hydrogen-bond acceptors (Lipinski definition) is 1. The van der Waals surface area contributed by atoms with Crippen LogP contribution in [0.2, 0.25) is 5.02 Å². The predicted molar refractivity (Wildman–Crippen MR) is 53.8 cm³/mol. The van der Waals surface area contributed by atoms with Gasteiger partial charge in [0.15, 0.2) is 0 Å². The molecular formula is C9H10Cl2FN. The molecule has 0 unspecified atom stereocenters. The van der Waals surface area contributed by atoms with E-state index in [1.807, 2.05) is 0 Å². The maximum Gasteiger partial charge on any atom is 0.124 e. The van der Waals surface area contributed by atoms with Crippen LogP contribution in [-0.4, -0.2) is 12.4 Å². The largest absolute Gasteiger partial charge is 0.311 e. The van der Waals surface area contributed by atoms with E-state index < -0.39 is 0 Å². The van der Waals surface area contributed by atoms with Gasteiger partial charge in [0.05, 0.1) is 0 Å². The third-order valence-corrected chi connectivity index (χ3v) is 2.14. The Hall–Kier alpha value is -0.310. The molecule has 0 fully saturated rings. The molecule has 0 bridgehead atoms. The zero-order chi connectivity index (χ0) is 9.68. The van der Waals surface area contributed by atoms with Crippen LogP contribution in [0, 0.1) is 5.82 Å². The lowest BCUT2D eigenvalue weighted by Crippen LogP contribution is -2.15. The molecule has 0 radical (unpaired) electrons. The highest BCUT2D eigenvalue weighted by Gasteiger charge is 2.00. The van der Waals surface area contributed by atoms with Crippen molar-refractivity contribution >= 4 is 23.2 Å². The summed E-state index contributed by atoms with van der Waals surface area (Å²) in [6, 6.07) is 4.36. The van der Waals surface area contributed by atoms with Gasteiger partial charge in [-0.1, -0.05) is 17.7 Å². The number of hydrogen-bond donors (Lipinski definition) is 1. The van der Waals surface area contributed by atoms with Gasteiger partial charge in [-0.05, 0) is 17.7 Å². The molecule has 1 aromatic rings. The quantitative estimate of drug-likeness (QED) is 0.610. The number of nitrogens with one attached hydrogen (secondary N) is 1. The molecular weight excluding hydrogens is 212 g/mol. The molecule has 0 atom stereocenters. The smallest absolute Gasteiger partial charge is 0.124 e. The number of halogens is 3. The maximum atomic E-state index is 12.6. The molecule has 0 aliphatic heterocycles. The molecule has 4 heteroatoms. The fourth-order valence-electron chi connectivity index (χ4n) is 0.955. The molecule has 0 heterocycles. The van der Waals surface area contributed by atoms with Crippen LogP contribution in [-0.2, 0) is 6.54 Å². The number of benzene rings is 1. The Bertz CT molecular complexity index is 278. The summed E-state index contributed by atoms with van der Waals surface area (Å²) in [4.78, 5) is 0. The van der Waals surface area contributed by atoms with Crippen LogP contribution in [0.4, 0.5) is 4.39 Å². The molecule has 13 heavy (non-hydrogen) atoms. The molecule has 0 aromatic heterocycles. The van der Waals surface area contributed by atoms with E-state index in [0.29, 0.717) is 17.4 Å². The van der Waals surface area contributed by atoms with Gasteiger partial charge in [0.1, 0.15) is 5.82 Å². The van der Waals surface area contributed by atoms with Crippen LogP contribution in [0.3, 0.4) is 0 Å². The predicted octanol–water partition coefficient (Wildman–Crippen LogP) is 2.81. The second-order valence-corrected chi connectivity index (χ2v) is 3.39. The van der Waals surface area contributed by atoms with E-state index in [-0.39, 0.29) is 5.82 Å². The normalized spacial score (nSPS) is 10.4. The minimum atomic E-state index is -0.314. The molecule has 0 saturated carbocycles. The van der Waals surface area contributed by atoms with Crippen LogP contribution < -0.4 is 5.32 Å². The van der Waals surface area contributed by atoms with Crippen molar-refractivity contribution in [3.8, 4) is 0 Å². The van der Waals surface area contributed by atoms with E-state index in [0.717, 1.165) is 12.1 Å². The van der Waals surface area contributed by atoms with Gasteiger partial charge in [0.25, 0.3) is 0 Å². The minimum absolute atomic E-state index is 0.314. The summed E-state index contributed by atoms with van der Waals surface area (Å²) < 4.78 is 12.6. The SMILES string of the molecule is Fc1ccc(CNCCCl)c(Cl)c1. The van der Waals surface area contributed by atoms with Crippen LogP contribution in [0.25, 0.3) is 0 Å². The first-order valence-electron chi connectivity index (χ1n) is 3.94. The first-order chi connectivity index (χ1) is 6.24. The highest BCUT2D eigenvalue weighted by Crippen LogP contribution is 2.16. The zero-order valence-electron chi connectivity index (χ0n) is 6.99. The lowest BCUT2D eigenvalue weighted by Gasteiger charge is -2.04. The summed E-state index contributed by atoms with van der Waals surface area (Å²) in [6.45, 7) is 1.33. The first-order valence-corrected chi connectivity index (χ1v) is 4.86. The van der Waals surface area contributed by atoms with E-state index in [2.05, 4.69) is 5.32 Å². The van der Waals surface area contributed by atoms with Gasteiger partial charge in [-0.3, -0.25) is 0 Å². The van der Waals surface area contributed by atoms with Gasteiger partial charge < -0.3 is 5.32 Å². The second kappa shape index (κ2) is 5.43. The van der Waals surface area contributed by atoms with Crippen molar-refractivity contribution in [2.75, 3.05) is 12.4 Å². The van der Waals surface area contributed by atoms with Gasteiger partial charge in [0.2, 0.25) is 0 Å². The number of alkyl halides is 1. The Labute approximate surface area is 86.8 Å². The van der Waals surface area contributed by atoms with Gasteiger partial charge in [-0.15, -0.1) is 11.6 Å². The van der Waals surface area contributed by atoms with Gasteiger partial charge in [0, 0.05) is 24.0 Å². The molecule has 0 spiro atoms. The van der Waals surface area contributed by atoms with E-state index >= 15 is 0 Å². The van der Waals surface area contributed by atoms with E-state index in [9.17, 15) is 4.39 Å². The minimum Gasteiger partial charge on any atom is -0.311 e. The van der Waals surface area contributed by atoms with Crippen LogP contribution >= 0.6 is 23.2 Å². The molecule has 0 amide bonds. The molecule has 72 valence electrons. The average Bonchev–Trinajstić information content (AvgIpc) is 2.09. The Kier molecular flexibility index (Phi) is 4.50. The van der Waals surface area contributed by atoms with Crippen molar-refractivity contribution in [3.63, 3.8) is 0 Å². The summed E-state index contributed by atoms with van der Waals surface area (Å²) in [5, 5.41) is 3.52. The van der Waals surface area contributed by atoms with Crippen molar-refractivity contribution in [1.29, 1.82) is 0 Å². The third kappa shape index (κ3) is 3.51. The van der Waals surface area contributed by atoms with Crippen molar-refractivity contribution in [1.82, 2.24) is 5.32 Å². The van der Waals surface area contributed by atoms with E-state index in [4.69, 9.17) is 23.2 Å². The summed E-state index contributed by atoms with van der Waals surface area (Å²) >= 11 is 11.3. The van der Waals surface area contributed by atoms with Gasteiger partial charge in [-0.2, -0.15) is 0 Å². The fraction of sp³-hybridized carbons (Fsp3) is 0.333. The van der Waals surface area contributed by atoms with Crippen molar-refractivity contribution in [3.05, 3.63) is 34.6 Å². The van der Waals surface area contributed by atoms with Crippen LogP contribution in [0.1, 0.15) is 5.56 Å². The summed E-state index contributed by atoms with van der Waals surface area (Å²) in [6.07, 6.45) is 0. The average molecular weight is 222 g/mol. The highest BCUT2D eigenvalue weighted by atomic mass is 35.5. The van der Waals surface area contributed by atoms with Crippen molar-refractivity contribution < 1.29 is 4.39 Å². The Balaban J connectivity index is 2.56. The standard InChI is InChI=1S/C9H10Cl2FN/c10-3-4-13-6-7-1-2-8(12)5-9(7)11/h1-2,5,13H,3-4,6H2. The Morgan fingerprint density at radius 2 is 2.15 bits per heavy atom. The molecule has 1 N–H and O–H groups in total. The summed E-state index contributed by atoms with van der Waals surface area (Å²) in [5.74, 6) is 0.241. The third-order valence-electron chi connectivity index (χ3n) is 1.60. The van der Waals surface area contributed by atoms with Crippen molar-refractivity contribution in [2.45, 2.75) is 6.54 Å². The van der Waals surface area contributed by atoms with Crippen LogP contribution in [0.15, 0.2) is 18.2 Å². The molecule has 0 aliphatic rings. The Morgan fingerprint density at radius 3 is 2.77 bits per heavy atom. The molecule has 0 saturated heterocycles. The van der Waals surface area contributed by atoms with Crippen molar-refractivity contribution in [2.24, 2.45) is 0 Å². The summed E-state index contributed by atoms with van der Waals surface area (Å²) in [7, 11) is 0.